The molecule has 0 aliphatic heterocycles. The summed E-state index contributed by atoms with van der Waals surface area (Å²) < 4.78 is 0. The van der Waals surface area contributed by atoms with Crippen LogP contribution in [0.25, 0.3) is 0 Å². The fourth-order valence-corrected chi connectivity index (χ4v) is 1.86. The van der Waals surface area contributed by atoms with Crippen molar-refractivity contribution in [1.82, 2.24) is 10.7 Å². The summed E-state index contributed by atoms with van der Waals surface area (Å²) in [5.41, 5.74) is 5.00. The van der Waals surface area contributed by atoms with Gasteiger partial charge in [-0.05, 0) is 30.2 Å². The number of hydrogen-bond acceptors (Lipinski definition) is 3. The zero-order chi connectivity index (χ0) is 16.7. The molecule has 0 saturated heterocycles. The number of nitrogens with one attached hydrogen (secondary N) is 2. The van der Waals surface area contributed by atoms with E-state index in [0.29, 0.717) is 5.02 Å². The average Bonchev–Trinajstić information content (AvgIpc) is 2.55. The lowest BCUT2D eigenvalue weighted by molar-refractivity contribution is -0.139. The molecule has 0 heterocycles. The lowest BCUT2D eigenvalue weighted by atomic mass is 10.2. The number of carbonyl (C=O) groups excluding carboxylic acids is 2. The second kappa shape index (κ2) is 8.10. The third kappa shape index (κ3) is 5.56. The number of hydrazone groups is 1. The predicted octanol–water partition coefficient (Wildman–Crippen LogP) is 2.41. The number of halogens is 1. The normalized spacial score (nSPS) is 10.5. The van der Waals surface area contributed by atoms with Crippen LogP contribution in [0.2, 0.25) is 5.02 Å². The summed E-state index contributed by atoms with van der Waals surface area (Å²) in [4.78, 5) is 23.3. The van der Waals surface area contributed by atoms with E-state index in [1.807, 2.05) is 31.2 Å². The largest absolute Gasteiger partial charge is 0.344 e. The van der Waals surface area contributed by atoms with E-state index in [2.05, 4.69) is 15.8 Å². The van der Waals surface area contributed by atoms with Gasteiger partial charge in [-0.15, -0.1) is 0 Å². The number of rotatable bonds is 4. The topological polar surface area (TPSA) is 70.6 Å². The van der Waals surface area contributed by atoms with Crippen LogP contribution in [-0.2, 0) is 16.1 Å². The maximum Gasteiger partial charge on any atom is 0.329 e. The minimum atomic E-state index is -0.817. The average molecular weight is 330 g/mol. The third-order valence-electron chi connectivity index (χ3n) is 3.03. The van der Waals surface area contributed by atoms with Crippen molar-refractivity contribution in [3.8, 4) is 0 Å². The van der Waals surface area contributed by atoms with Crippen LogP contribution in [0.1, 0.15) is 16.7 Å². The maximum absolute atomic E-state index is 11.6. The second-order valence-electron chi connectivity index (χ2n) is 4.92. The zero-order valence-electron chi connectivity index (χ0n) is 12.5. The van der Waals surface area contributed by atoms with Gasteiger partial charge in [-0.2, -0.15) is 5.10 Å². The van der Waals surface area contributed by atoms with E-state index in [4.69, 9.17) is 11.6 Å². The van der Waals surface area contributed by atoms with Crippen LogP contribution in [-0.4, -0.2) is 18.0 Å². The van der Waals surface area contributed by atoms with Crippen molar-refractivity contribution in [3.05, 3.63) is 70.2 Å². The smallest absolute Gasteiger partial charge is 0.329 e. The summed E-state index contributed by atoms with van der Waals surface area (Å²) in [6, 6.07) is 14.6. The van der Waals surface area contributed by atoms with Crippen LogP contribution in [0.4, 0.5) is 0 Å². The van der Waals surface area contributed by atoms with Crippen LogP contribution in [0, 0.1) is 6.92 Å². The highest BCUT2D eigenvalue weighted by Gasteiger charge is 2.11. The van der Waals surface area contributed by atoms with Gasteiger partial charge in [0.2, 0.25) is 0 Å². The van der Waals surface area contributed by atoms with E-state index in [9.17, 15) is 9.59 Å². The van der Waals surface area contributed by atoms with Crippen molar-refractivity contribution in [2.75, 3.05) is 0 Å². The van der Waals surface area contributed by atoms with Crippen LogP contribution >= 0.6 is 11.6 Å². The van der Waals surface area contributed by atoms with Crippen LogP contribution in [0.5, 0.6) is 0 Å². The number of benzene rings is 2. The summed E-state index contributed by atoms with van der Waals surface area (Å²) in [5, 5.41) is 6.88. The van der Waals surface area contributed by atoms with Crippen molar-refractivity contribution in [3.63, 3.8) is 0 Å². The summed E-state index contributed by atoms with van der Waals surface area (Å²) in [6.45, 7) is 2.22. The van der Waals surface area contributed by atoms with Crippen molar-refractivity contribution in [2.45, 2.75) is 13.5 Å². The van der Waals surface area contributed by atoms with Gasteiger partial charge in [0, 0.05) is 11.6 Å². The number of hydrogen-bond donors (Lipinski definition) is 2. The first-order valence-electron chi connectivity index (χ1n) is 6.97. The van der Waals surface area contributed by atoms with Crippen molar-refractivity contribution in [2.24, 2.45) is 5.10 Å². The molecule has 0 saturated carbocycles. The molecule has 0 unspecified atom stereocenters. The Bertz CT molecular complexity index is 710. The Hall–Kier alpha value is -2.66. The summed E-state index contributed by atoms with van der Waals surface area (Å²) >= 11 is 5.77. The molecule has 2 aromatic rings. The zero-order valence-corrected chi connectivity index (χ0v) is 13.3. The van der Waals surface area contributed by atoms with Crippen molar-refractivity contribution >= 4 is 29.6 Å². The molecular formula is C17H16ClN3O2. The number of aryl methyl sites for hydroxylation is 1. The molecule has 118 valence electrons. The monoisotopic (exact) mass is 329 g/mol. The predicted molar refractivity (Wildman–Crippen MR) is 90.2 cm³/mol. The molecule has 0 aliphatic rings. The Morgan fingerprint density at radius 3 is 2.35 bits per heavy atom. The van der Waals surface area contributed by atoms with E-state index in [-0.39, 0.29) is 6.54 Å². The Morgan fingerprint density at radius 2 is 1.70 bits per heavy atom. The molecule has 0 spiro atoms. The number of nitrogens with zero attached hydrogens (tertiary/aromatic N) is 1. The molecule has 0 atom stereocenters. The molecule has 0 radical (unpaired) electrons. The first-order chi connectivity index (χ1) is 11.0. The van der Waals surface area contributed by atoms with Crippen molar-refractivity contribution < 1.29 is 9.59 Å². The molecule has 2 N–H and O–H groups in total. The van der Waals surface area contributed by atoms with Gasteiger partial charge in [-0.1, -0.05) is 53.6 Å². The lowest BCUT2D eigenvalue weighted by Gasteiger charge is -2.04. The standard InChI is InChI=1S/C17H16ClN3O2/c1-12-2-4-14(5-3-12)11-20-21-17(23)16(22)19-10-13-6-8-15(18)9-7-13/h2-9,11H,10H2,1H3,(H,19,22)(H,21,23)/b20-11+. The van der Waals surface area contributed by atoms with Gasteiger partial charge in [0.15, 0.2) is 0 Å². The molecule has 2 aromatic carbocycles. The van der Waals surface area contributed by atoms with E-state index >= 15 is 0 Å². The maximum atomic E-state index is 11.6. The van der Waals surface area contributed by atoms with Gasteiger partial charge in [0.25, 0.3) is 0 Å². The molecule has 0 fully saturated rings. The molecule has 5 nitrogen and oxygen atoms in total. The summed E-state index contributed by atoms with van der Waals surface area (Å²) in [7, 11) is 0. The second-order valence-corrected chi connectivity index (χ2v) is 5.36. The summed E-state index contributed by atoms with van der Waals surface area (Å²) in [5.74, 6) is -1.57. The van der Waals surface area contributed by atoms with Crippen LogP contribution in [0.15, 0.2) is 53.6 Å². The molecule has 23 heavy (non-hydrogen) atoms. The fraction of sp³-hybridized carbons (Fsp3) is 0.118. The highest BCUT2D eigenvalue weighted by atomic mass is 35.5. The Balaban J connectivity index is 1.79. The van der Waals surface area contributed by atoms with Gasteiger partial charge < -0.3 is 5.32 Å². The first-order valence-corrected chi connectivity index (χ1v) is 7.35. The van der Waals surface area contributed by atoms with E-state index < -0.39 is 11.8 Å². The molecule has 0 bridgehead atoms. The Labute approximate surface area is 139 Å². The molecule has 0 aromatic heterocycles. The minimum absolute atomic E-state index is 0.241. The summed E-state index contributed by atoms with van der Waals surface area (Å²) in [6.07, 6.45) is 1.48. The lowest BCUT2D eigenvalue weighted by Crippen LogP contribution is -2.37. The van der Waals surface area contributed by atoms with E-state index in [0.717, 1.165) is 16.7 Å². The Morgan fingerprint density at radius 1 is 1.04 bits per heavy atom. The van der Waals surface area contributed by atoms with E-state index in [1.165, 1.54) is 6.21 Å². The van der Waals surface area contributed by atoms with Gasteiger partial charge in [0.1, 0.15) is 0 Å². The third-order valence-corrected chi connectivity index (χ3v) is 3.28. The highest BCUT2D eigenvalue weighted by Crippen LogP contribution is 2.09. The highest BCUT2D eigenvalue weighted by molar-refractivity contribution is 6.35. The molecule has 0 aliphatic carbocycles. The van der Waals surface area contributed by atoms with E-state index in [1.54, 1.807) is 24.3 Å². The molecule has 2 rings (SSSR count). The number of carbonyl (C=O) groups is 2. The SMILES string of the molecule is Cc1ccc(/C=N/NC(=O)C(=O)NCc2ccc(Cl)cc2)cc1. The van der Waals surface area contributed by atoms with Crippen molar-refractivity contribution in [1.29, 1.82) is 0 Å². The van der Waals surface area contributed by atoms with Gasteiger partial charge >= 0.3 is 11.8 Å². The quantitative estimate of drug-likeness (QED) is 0.514. The van der Waals surface area contributed by atoms with Crippen LogP contribution in [0.3, 0.4) is 0 Å². The van der Waals surface area contributed by atoms with Crippen LogP contribution < -0.4 is 10.7 Å². The first kappa shape index (κ1) is 16.7. The van der Waals surface area contributed by atoms with Gasteiger partial charge in [0.05, 0.1) is 6.21 Å². The molecular weight excluding hydrogens is 314 g/mol. The van der Waals surface area contributed by atoms with Gasteiger partial charge in [-0.3, -0.25) is 9.59 Å². The Kier molecular flexibility index (Phi) is 5.88. The minimum Gasteiger partial charge on any atom is -0.344 e. The number of amides is 2. The van der Waals surface area contributed by atoms with Gasteiger partial charge in [-0.25, -0.2) is 5.43 Å². The molecule has 2 amide bonds. The fourth-order valence-electron chi connectivity index (χ4n) is 1.73. The molecule has 6 heteroatoms.